The van der Waals surface area contributed by atoms with Crippen LogP contribution < -0.4 is 0 Å². The first-order valence-corrected chi connectivity index (χ1v) is 9.81. The number of hydrogen-bond acceptors (Lipinski definition) is 10. The van der Waals surface area contributed by atoms with Crippen LogP contribution in [0.1, 0.15) is 31.8 Å². The van der Waals surface area contributed by atoms with E-state index in [0.717, 1.165) is 0 Å². The van der Waals surface area contributed by atoms with Crippen LogP contribution >= 0.6 is 0 Å². The molecule has 0 radical (unpaired) electrons. The van der Waals surface area contributed by atoms with Crippen molar-refractivity contribution >= 4 is 11.9 Å². The van der Waals surface area contributed by atoms with Gasteiger partial charge in [0.1, 0.15) is 27.2 Å². The van der Waals surface area contributed by atoms with Gasteiger partial charge in [0.15, 0.2) is 0 Å². The lowest BCUT2D eigenvalue weighted by atomic mass is 9.94. The summed E-state index contributed by atoms with van der Waals surface area (Å²) in [6.45, 7) is 0.223. The summed E-state index contributed by atoms with van der Waals surface area (Å²) in [5, 5.41) is 36.1. The molecule has 12 heteroatoms. The average molecular weight is 462 g/mol. The molecule has 0 spiro atoms. The van der Waals surface area contributed by atoms with Crippen LogP contribution in [0.5, 0.6) is 0 Å². The maximum atomic E-state index is 11.7. The molecule has 1 aromatic rings. The standard InChI is InChI=1S/C20H30O12/c21-11-27-5-7-31-13-29-3-1-15-9-17(19(23)24)16(18(10-15)20(25)26)2-4-30-14-32-8-6-28-12-22/h9-10,21-22H,1-8,11-14H2,(H,23,24)(H,25,26). The molecule has 1 aromatic carbocycles. The van der Waals surface area contributed by atoms with Gasteiger partial charge in [-0.3, -0.25) is 0 Å². The van der Waals surface area contributed by atoms with Crippen molar-refractivity contribution < 1.29 is 58.4 Å². The maximum Gasteiger partial charge on any atom is 0.335 e. The third-order valence-corrected chi connectivity index (χ3v) is 4.06. The Hall–Kier alpha value is -2.16. The number of aliphatic hydroxyl groups is 2. The summed E-state index contributed by atoms with van der Waals surface area (Å²) in [6, 6.07) is 2.85. The summed E-state index contributed by atoms with van der Waals surface area (Å²) in [7, 11) is 0. The Morgan fingerprint density at radius 3 is 1.47 bits per heavy atom. The number of carboxylic acid groups (broad SMARTS) is 2. The fraction of sp³-hybridized carbons (Fsp3) is 0.600. The second-order valence-corrected chi connectivity index (χ2v) is 6.22. The maximum absolute atomic E-state index is 11.7. The number of ether oxygens (including phenoxy) is 6. The van der Waals surface area contributed by atoms with Crippen LogP contribution in [0.3, 0.4) is 0 Å². The molecule has 0 atom stereocenters. The zero-order chi connectivity index (χ0) is 23.6. The fourth-order valence-corrected chi connectivity index (χ4v) is 2.61. The molecule has 0 fully saturated rings. The molecule has 0 aliphatic heterocycles. The molecular weight excluding hydrogens is 432 g/mol. The molecule has 0 unspecified atom stereocenters. The lowest BCUT2D eigenvalue weighted by molar-refractivity contribution is -0.0843. The zero-order valence-corrected chi connectivity index (χ0v) is 17.7. The lowest BCUT2D eigenvalue weighted by Gasteiger charge is -2.14. The fourth-order valence-electron chi connectivity index (χ4n) is 2.61. The van der Waals surface area contributed by atoms with E-state index in [1.807, 2.05) is 0 Å². The molecule has 0 saturated heterocycles. The molecule has 0 aromatic heterocycles. The molecule has 0 bridgehead atoms. The Bertz CT molecular complexity index is 644. The number of carboxylic acids is 2. The highest BCUT2D eigenvalue weighted by Crippen LogP contribution is 2.20. The predicted molar refractivity (Wildman–Crippen MR) is 107 cm³/mol. The topological polar surface area (TPSA) is 170 Å². The van der Waals surface area contributed by atoms with Crippen molar-refractivity contribution in [2.24, 2.45) is 0 Å². The van der Waals surface area contributed by atoms with E-state index in [1.54, 1.807) is 0 Å². The summed E-state index contributed by atoms with van der Waals surface area (Å²) in [6.07, 6.45) is 0.359. The van der Waals surface area contributed by atoms with E-state index in [-0.39, 0.29) is 82.8 Å². The van der Waals surface area contributed by atoms with E-state index in [4.69, 9.17) is 29.2 Å². The van der Waals surface area contributed by atoms with Crippen LogP contribution in [0.25, 0.3) is 0 Å². The molecule has 0 aliphatic carbocycles. The summed E-state index contributed by atoms with van der Waals surface area (Å²) in [5.74, 6) is -2.48. The second-order valence-electron chi connectivity index (χ2n) is 6.22. The minimum atomic E-state index is -1.24. The van der Waals surface area contributed by atoms with Gasteiger partial charge in [0, 0.05) is 0 Å². The first kappa shape index (κ1) is 27.9. The van der Waals surface area contributed by atoms with Crippen molar-refractivity contribution in [1.82, 2.24) is 0 Å². The zero-order valence-electron chi connectivity index (χ0n) is 17.7. The Labute approximate surface area is 185 Å². The van der Waals surface area contributed by atoms with Gasteiger partial charge in [-0.05, 0) is 36.1 Å². The molecule has 182 valence electrons. The van der Waals surface area contributed by atoms with Crippen LogP contribution in [0.2, 0.25) is 0 Å². The van der Waals surface area contributed by atoms with E-state index in [2.05, 4.69) is 9.47 Å². The molecular formula is C20H30O12. The number of hydrogen-bond donors (Lipinski definition) is 4. The molecule has 4 N–H and O–H groups in total. The molecule has 0 heterocycles. The SMILES string of the molecule is O=C(O)c1cc(CCOCOCCOCO)cc(C(=O)O)c1CCOCOCCOCO. The predicted octanol–water partition coefficient (Wildman–Crippen LogP) is 0.0822. The number of aromatic carboxylic acids is 2. The van der Waals surface area contributed by atoms with Crippen molar-refractivity contribution in [3.05, 3.63) is 34.4 Å². The second kappa shape index (κ2) is 17.4. The van der Waals surface area contributed by atoms with Crippen LogP contribution in [-0.4, -0.2) is 99.2 Å². The average Bonchev–Trinajstić information content (AvgIpc) is 2.77. The van der Waals surface area contributed by atoms with Crippen LogP contribution in [-0.2, 0) is 41.3 Å². The van der Waals surface area contributed by atoms with E-state index >= 15 is 0 Å². The van der Waals surface area contributed by atoms with Crippen molar-refractivity contribution in [3.8, 4) is 0 Å². The monoisotopic (exact) mass is 462 g/mol. The number of aliphatic hydroxyl groups excluding tert-OH is 2. The summed E-state index contributed by atoms with van der Waals surface area (Å²) < 4.78 is 30.1. The third kappa shape index (κ3) is 11.5. The molecule has 0 aliphatic rings. The van der Waals surface area contributed by atoms with Gasteiger partial charge in [-0.1, -0.05) is 0 Å². The van der Waals surface area contributed by atoms with E-state index in [1.165, 1.54) is 12.1 Å². The van der Waals surface area contributed by atoms with Gasteiger partial charge in [-0.2, -0.15) is 0 Å². The van der Waals surface area contributed by atoms with Crippen molar-refractivity contribution in [1.29, 1.82) is 0 Å². The van der Waals surface area contributed by atoms with Gasteiger partial charge in [-0.15, -0.1) is 0 Å². The highest BCUT2D eigenvalue weighted by atomic mass is 16.7. The van der Waals surface area contributed by atoms with Gasteiger partial charge in [0.2, 0.25) is 0 Å². The van der Waals surface area contributed by atoms with Crippen LogP contribution in [0.15, 0.2) is 12.1 Å². The van der Waals surface area contributed by atoms with Crippen LogP contribution in [0.4, 0.5) is 0 Å². The quantitative estimate of drug-likeness (QED) is 0.152. The molecule has 0 amide bonds. The molecule has 1 rings (SSSR count). The van der Waals surface area contributed by atoms with Crippen molar-refractivity contribution in [2.75, 3.05) is 66.8 Å². The van der Waals surface area contributed by atoms with E-state index in [0.29, 0.717) is 5.56 Å². The Morgan fingerprint density at radius 1 is 0.625 bits per heavy atom. The van der Waals surface area contributed by atoms with Gasteiger partial charge in [0.25, 0.3) is 0 Å². The lowest BCUT2D eigenvalue weighted by Crippen LogP contribution is -2.15. The Balaban J connectivity index is 2.60. The summed E-state index contributed by atoms with van der Waals surface area (Å²) >= 11 is 0. The first-order chi connectivity index (χ1) is 15.5. The molecule has 32 heavy (non-hydrogen) atoms. The van der Waals surface area contributed by atoms with E-state index < -0.39 is 25.5 Å². The van der Waals surface area contributed by atoms with E-state index in [9.17, 15) is 19.8 Å². The minimum absolute atomic E-state index is 0.0179. The summed E-state index contributed by atoms with van der Waals surface area (Å²) in [5.41, 5.74) is 0.433. The van der Waals surface area contributed by atoms with Gasteiger partial charge < -0.3 is 48.8 Å². The van der Waals surface area contributed by atoms with Gasteiger partial charge in [0.05, 0.1) is 50.8 Å². The third-order valence-electron chi connectivity index (χ3n) is 4.06. The largest absolute Gasteiger partial charge is 0.478 e. The Morgan fingerprint density at radius 2 is 1.03 bits per heavy atom. The van der Waals surface area contributed by atoms with Gasteiger partial charge in [-0.25, -0.2) is 9.59 Å². The van der Waals surface area contributed by atoms with Crippen LogP contribution in [0, 0.1) is 0 Å². The Kier molecular flexibility index (Phi) is 15.2. The highest BCUT2D eigenvalue weighted by molar-refractivity contribution is 5.97. The minimum Gasteiger partial charge on any atom is -0.478 e. The number of carbonyl (C=O) groups is 2. The summed E-state index contributed by atoms with van der Waals surface area (Å²) in [4.78, 5) is 23.4. The smallest absolute Gasteiger partial charge is 0.335 e. The number of rotatable bonds is 20. The molecule has 12 nitrogen and oxygen atoms in total. The number of benzene rings is 1. The van der Waals surface area contributed by atoms with Crippen molar-refractivity contribution in [2.45, 2.75) is 12.8 Å². The first-order valence-electron chi connectivity index (χ1n) is 9.81. The normalized spacial score (nSPS) is 11.1. The highest BCUT2D eigenvalue weighted by Gasteiger charge is 2.20. The van der Waals surface area contributed by atoms with Crippen molar-refractivity contribution in [3.63, 3.8) is 0 Å². The molecule has 0 saturated carbocycles. The van der Waals surface area contributed by atoms with Gasteiger partial charge >= 0.3 is 11.9 Å².